The third-order valence-electron chi connectivity index (χ3n) is 4.73. The van der Waals surface area contributed by atoms with Crippen molar-refractivity contribution in [1.82, 2.24) is 4.90 Å². The van der Waals surface area contributed by atoms with Crippen LogP contribution < -0.4 is 5.32 Å². The summed E-state index contributed by atoms with van der Waals surface area (Å²) in [5, 5.41) is 3.09. The molecule has 1 aliphatic heterocycles. The lowest BCUT2D eigenvalue weighted by Gasteiger charge is -2.12. The van der Waals surface area contributed by atoms with Crippen LogP contribution >= 0.6 is 11.6 Å². The summed E-state index contributed by atoms with van der Waals surface area (Å²) in [4.78, 5) is 50.4. The number of carbonyl (C=O) groups excluding carboxylic acids is 4. The summed E-state index contributed by atoms with van der Waals surface area (Å²) in [5.41, 5.74) is 1.79. The van der Waals surface area contributed by atoms with Gasteiger partial charge in [-0.2, -0.15) is 0 Å². The van der Waals surface area contributed by atoms with Gasteiger partial charge in [0.2, 0.25) is 0 Å². The van der Waals surface area contributed by atoms with Gasteiger partial charge in [-0.15, -0.1) is 0 Å². The summed E-state index contributed by atoms with van der Waals surface area (Å²) in [6.07, 6.45) is 0.512. The number of ether oxygens (including phenoxy) is 2. The number of imide groups is 1. The van der Waals surface area contributed by atoms with E-state index in [-0.39, 0.29) is 23.2 Å². The molecule has 9 heteroatoms. The SMILES string of the molecule is COCCCN1C(=O)c2ccc(C(=O)OCC(=O)Nc3ccc(C)c(Cl)c3)cc2C1=O. The number of aryl methyl sites for hydroxylation is 1. The first-order chi connectivity index (χ1) is 14.8. The molecule has 1 N–H and O–H groups in total. The van der Waals surface area contributed by atoms with Crippen molar-refractivity contribution in [3.05, 3.63) is 63.7 Å². The van der Waals surface area contributed by atoms with Crippen LogP contribution in [0.5, 0.6) is 0 Å². The molecule has 1 aliphatic rings. The molecule has 0 unspecified atom stereocenters. The maximum Gasteiger partial charge on any atom is 0.338 e. The number of amides is 3. The highest BCUT2D eigenvalue weighted by atomic mass is 35.5. The van der Waals surface area contributed by atoms with Gasteiger partial charge < -0.3 is 14.8 Å². The predicted octanol–water partition coefficient (Wildman–Crippen LogP) is 3.08. The molecule has 2 aromatic carbocycles. The predicted molar refractivity (Wildman–Crippen MR) is 113 cm³/mol. The maximum atomic E-state index is 12.5. The van der Waals surface area contributed by atoms with E-state index in [1.807, 2.05) is 6.92 Å². The summed E-state index contributed by atoms with van der Waals surface area (Å²) < 4.78 is 9.98. The van der Waals surface area contributed by atoms with Crippen LogP contribution in [0.25, 0.3) is 0 Å². The molecule has 0 saturated heterocycles. The molecule has 0 spiro atoms. The van der Waals surface area contributed by atoms with Crippen molar-refractivity contribution in [3.63, 3.8) is 0 Å². The van der Waals surface area contributed by atoms with Gasteiger partial charge in [-0.1, -0.05) is 17.7 Å². The van der Waals surface area contributed by atoms with E-state index in [1.165, 1.54) is 25.3 Å². The Morgan fingerprint density at radius 3 is 2.52 bits per heavy atom. The van der Waals surface area contributed by atoms with Gasteiger partial charge in [-0.25, -0.2) is 4.79 Å². The van der Waals surface area contributed by atoms with Crippen molar-refractivity contribution in [2.45, 2.75) is 13.3 Å². The number of esters is 1. The minimum absolute atomic E-state index is 0.0739. The van der Waals surface area contributed by atoms with Gasteiger partial charge in [-0.3, -0.25) is 19.3 Å². The molecule has 2 aromatic rings. The Hall–Kier alpha value is -3.23. The van der Waals surface area contributed by atoms with E-state index in [9.17, 15) is 19.2 Å². The molecule has 0 aromatic heterocycles. The Bertz CT molecular complexity index is 1050. The number of fused-ring (bicyclic) bond motifs is 1. The molecule has 0 fully saturated rings. The highest BCUT2D eigenvalue weighted by Crippen LogP contribution is 2.25. The number of nitrogens with one attached hydrogen (secondary N) is 1. The summed E-state index contributed by atoms with van der Waals surface area (Å²) in [6.45, 7) is 1.96. The zero-order valence-corrected chi connectivity index (χ0v) is 17.8. The van der Waals surface area contributed by atoms with Gasteiger partial charge in [0, 0.05) is 31.0 Å². The normalized spacial score (nSPS) is 12.7. The molecular formula is C22H21ClN2O6. The second kappa shape index (κ2) is 9.72. The fraction of sp³-hybridized carbons (Fsp3) is 0.273. The monoisotopic (exact) mass is 444 g/mol. The molecule has 3 amide bonds. The average Bonchev–Trinajstić information content (AvgIpc) is 2.99. The molecular weight excluding hydrogens is 424 g/mol. The van der Waals surface area contributed by atoms with Crippen LogP contribution in [0.2, 0.25) is 5.02 Å². The highest BCUT2D eigenvalue weighted by molar-refractivity contribution is 6.31. The van der Waals surface area contributed by atoms with Crippen molar-refractivity contribution in [3.8, 4) is 0 Å². The van der Waals surface area contributed by atoms with E-state index in [2.05, 4.69) is 5.32 Å². The van der Waals surface area contributed by atoms with Crippen LogP contribution in [0.1, 0.15) is 43.1 Å². The minimum atomic E-state index is -0.780. The van der Waals surface area contributed by atoms with Crippen LogP contribution in [0.3, 0.4) is 0 Å². The van der Waals surface area contributed by atoms with Crippen LogP contribution in [-0.2, 0) is 14.3 Å². The quantitative estimate of drug-likeness (QED) is 0.381. The molecule has 0 aliphatic carbocycles. The first-order valence-corrected chi connectivity index (χ1v) is 9.92. The Balaban J connectivity index is 1.61. The fourth-order valence-corrected chi connectivity index (χ4v) is 3.25. The molecule has 162 valence electrons. The Morgan fingerprint density at radius 1 is 1.06 bits per heavy atom. The van der Waals surface area contributed by atoms with Gasteiger partial charge in [-0.05, 0) is 49.2 Å². The number of methoxy groups -OCH3 is 1. The third-order valence-corrected chi connectivity index (χ3v) is 5.13. The molecule has 0 bridgehead atoms. The van der Waals surface area contributed by atoms with E-state index in [4.69, 9.17) is 21.1 Å². The van der Waals surface area contributed by atoms with Gasteiger partial charge in [0.05, 0.1) is 16.7 Å². The van der Waals surface area contributed by atoms with Gasteiger partial charge >= 0.3 is 5.97 Å². The number of carbonyl (C=O) groups is 4. The molecule has 3 rings (SSSR count). The highest BCUT2D eigenvalue weighted by Gasteiger charge is 2.35. The van der Waals surface area contributed by atoms with Crippen molar-refractivity contribution >= 4 is 41.0 Å². The van der Waals surface area contributed by atoms with E-state index in [0.29, 0.717) is 23.7 Å². The molecule has 0 atom stereocenters. The summed E-state index contributed by atoms with van der Waals surface area (Å²) in [6, 6.07) is 9.15. The van der Waals surface area contributed by atoms with Crippen molar-refractivity contribution < 1.29 is 28.7 Å². The first-order valence-electron chi connectivity index (χ1n) is 9.54. The minimum Gasteiger partial charge on any atom is -0.452 e. The topological polar surface area (TPSA) is 102 Å². The third kappa shape index (κ3) is 5.10. The summed E-state index contributed by atoms with van der Waals surface area (Å²) in [7, 11) is 1.54. The molecule has 31 heavy (non-hydrogen) atoms. The number of benzene rings is 2. The average molecular weight is 445 g/mol. The number of nitrogens with zero attached hydrogens (tertiary/aromatic N) is 1. The van der Waals surface area contributed by atoms with E-state index >= 15 is 0 Å². The van der Waals surface area contributed by atoms with Crippen molar-refractivity contribution in [2.75, 3.05) is 32.2 Å². The summed E-state index contributed by atoms with van der Waals surface area (Å²) in [5.74, 6) is -2.20. The number of hydrogen-bond acceptors (Lipinski definition) is 6. The van der Waals surface area contributed by atoms with Gasteiger partial charge in [0.15, 0.2) is 6.61 Å². The largest absolute Gasteiger partial charge is 0.452 e. The van der Waals surface area contributed by atoms with Crippen LogP contribution in [0, 0.1) is 6.92 Å². The lowest BCUT2D eigenvalue weighted by molar-refractivity contribution is -0.119. The fourth-order valence-electron chi connectivity index (χ4n) is 3.07. The lowest BCUT2D eigenvalue weighted by atomic mass is 10.1. The van der Waals surface area contributed by atoms with E-state index < -0.39 is 30.3 Å². The zero-order chi connectivity index (χ0) is 22.5. The first kappa shape index (κ1) is 22.5. The molecule has 0 saturated carbocycles. The Labute approximate surface area is 184 Å². The zero-order valence-electron chi connectivity index (χ0n) is 17.1. The van der Waals surface area contributed by atoms with E-state index in [1.54, 1.807) is 18.2 Å². The van der Waals surface area contributed by atoms with Gasteiger partial charge in [0.25, 0.3) is 17.7 Å². The second-order valence-electron chi connectivity index (χ2n) is 6.96. The number of rotatable bonds is 8. The molecule has 8 nitrogen and oxygen atoms in total. The Morgan fingerprint density at radius 2 is 1.81 bits per heavy atom. The van der Waals surface area contributed by atoms with Crippen LogP contribution in [-0.4, -0.2) is 55.5 Å². The second-order valence-corrected chi connectivity index (χ2v) is 7.36. The van der Waals surface area contributed by atoms with E-state index in [0.717, 1.165) is 10.5 Å². The van der Waals surface area contributed by atoms with Crippen molar-refractivity contribution in [1.29, 1.82) is 0 Å². The smallest absolute Gasteiger partial charge is 0.338 e. The standard InChI is InChI=1S/C22H21ClN2O6/c1-13-4-6-15(11-18(13)23)24-19(26)12-31-22(29)14-5-7-16-17(10-14)21(28)25(20(16)27)8-3-9-30-2/h4-7,10-11H,3,8-9,12H2,1-2H3,(H,24,26). The van der Waals surface area contributed by atoms with Crippen LogP contribution in [0.4, 0.5) is 5.69 Å². The lowest BCUT2D eigenvalue weighted by Crippen LogP contribution is -2.31. The molecule has 1 heterocycles. The molecule has 0 radical (unpaired) electrons. The van der Waals surface area contributed by atoms with Crippen LogP contribution in [0.15, 0.2) is 36.4 Å². The Kier molecular flexibility index (Phi) is 7.04. The number of halogens is 1. The number of anilines is 1. The van der Waals surface area contributed by atoms with Gasteiger partial charge in [0.1, 0.15) is 0 Å². The van der Waals surface area contributed by atoms with Crippen molar-refractivity contribution in [2.24, 2.45) is 0 Å². The maximum absolute atomic E-state index is 12.5. The summed E-state index contributed by atoms with van der Waals surface area (Å²) >= 11 is 6.02. The number of hydrogen-bond donors (Lipinski definition) is 1.